The van der Waals surface area contributed by atoms with Gasteiger partial charge in [-0.25, -0.2) is 4.79 Å². The predicted molar refractivity (Wildman–Crippen MR) is 103 cm³/mol. The number of nitrogens with zero attached hydrogens (tertiary/aromatic N) is 1. The van der Waals surface area contributed by atoms with Gasteiger partial charge in [-0.3, -0.25) is 4.79 Å². The maximum Gasteiger partial charge on any atom is 0.342 e. The summed E-state index contributed by atoms with van der Waals surface area (Å²) in [6.45, 7) is 3.51. The molecule has 0 heterocycles. The maximum absolute atomic E-state index is 12.3. The Balaban J connectivity index is 2.00. The Kier molecular flexibility index (Phi) is 7.79. The Morgan fingerprint density at radius 2 is 1.96 bits per heavy atom. The number of carbonyl (C=O) groups is 2. The SMILES string of the molecule is C=CCCCCC(=O)Oc1ccc(O)c(C(=O)OCc2ccccc2C#N)c1. The molecule has 144 valence electrons. The quantitative estimate of drug-likeness (QED) is 0.302. The highest BCUT2D eigenvalue weighted by Crippen LogP contribution is 2.25. The van der Waals surface area contributed by atoms with Gasteiger partial charge < -0.3 is 14.6 Å². The molecule has 0 bridgehead atoms. The molecule has 0 amide bonds. The number of carbonyl (C=O) groups excluding carboxylic acids is 2. The van der Waals surface area contributed by atoms with E-state index in [0.717, 1.165) is 12.8 Å². The second-order valence-corrected chi connectivity index (χ2v) is 6.03. The van der Waals surface area contributed by atoms with Crippen molar-refractivity contribution < 1.29 is 24.2 Å². The lowest BCUT2D eigenvalue weighted by Gasteiger charge is -2.10. The topological polar surface area (TPSA) is 96.6 Å². The van der Waals surface area contributed by atoms with Gasteiger partial charge in [-0.05, 0) is 43.5 Å². The summed E-state index contributed by atoms with van der Waals surface area (Å²) in [5, 5.41) is 19.0. The molecule has 2 rings (SSSR count). The predicted octanol–water partition coefficient (Wildman–Crippen LogP) is 4.27. The molecule has 0 aromatic heterocycles. The summed E-state index contributed by atoms with van der Waals surface area (Å²) in [5.41, 5.74) is 0.838. The van der Waals surface area contributed by atoms with E-state index in [0.29, 0.717) is 17.5 Å². The third kappa shape index (κ3) is 5.99. The van der Waals surface area contributed by atoms with E-state index in [4.69, 9.17) is 14.7 Å². The summed E-state index contributed by atoms with van der Waals surface area (Å²) in [4.78, 5) is 24.2. The van der Waals surface area contributed by atoms with Gasteiger partial charge in [0, 0.05) is 12.0 Å². The molecule has 6 heteroatoms. The fourth-order valence-corrected chi connectivity index (χ4v) is 2.46. The van der Waals surface area contributed by atoms with Crippen molar-refractivity contribution in [2.24, 2.45) is 0 Å². The Labute approximate surface area is 163 Å². The summed E-state index contributed by atoms with van der Waals surface area (Å²) < 4.78 is 10.4. The zero-order valence-corrected chi connectivity index (χ0v) is 15.4. The summed E-state index contributed by atoms with van der Waals surface area (Å²) >= 11 is 0. The molecule has 0 fully saturated rings. The van der Waals surface area contributed by atoms with Crippen LogP contribution in [0.3, 0.4) is 0 Å². The molecule has 1 N–H and O–H groups in total. The summed E-state index contributed by atoms with van der Waals surface area (Å²) in [6.07, 6.45) is 4.39. The number of ether oxygens (including phenoxy) is 2. The monoisotopic (exact) mass is 379 g/mol. The van der Waals surface area contributed by atoms with E-state index in [2.05, 4.69) is 6.58 Å². The number of unbranched alkanes of at least 4 members (excludes halogenated alkanes) is 2. The number of allylic oxidation sites excluding steroid dienone is 1. The summed E-state index contributed by atoms with van der Waals surface area (Å²) in [7, 11) is 0. The van der Waals surface area contributed by atoms with E-state index in [1.165, 1.54) is 18.2 Å². The number of esters is 2. The van der Waals surface area contributed by atoms with Crippen LogP contribution in [0.2, 0.25) is 0 Å². The largest absolute Gasteiger partial charge is 0.507 e. The summed E-state index contributed by atoms with van der Waals surface area (Å²) in [6, 6.07) is 12.7. The molecule has 6 nitrogen and oxygen atoms in total. The van der Waals surface area contributed by atoms with Gasteiger partial charge >= 0.3 is 11.9 Å². The maximum atomic E-state index is 12.3. The number of rotatable bonds is 9. The molecule has 2 aromatic carbocycles. The molecule has 0 atom stereocenters. The Bertz CT molecular complexity index is 898. The number of nitriles is 1. The van der Waals surface area contributed by atoms with Gasteiger partial charge in [-0.15, -0.1) is 6.58 Å². The fourth-order valence-electron chi connectivity index (χ4n) is 2.46. The number of hydrogen-bond donors (Lipinski definition) is 1. The highest BCUT2D eigenvalue weighted by Gasteiger charge is 2.16. The van der Waals surface area contributed by atoms with Gasteiger partial charge in [0.15, 0.2) is 0 Å². The first-order valence-corrected chi connectivity index (χ1v) is 8.85. The average molecular weight is 379 g/mol. The number of benzene rings is 2. The molecule has 0 spiro atoms. The van der Waals surface area contributed by atoms with E-state index in [1.807, 2.05) is 6.07 Å². The van der Waals surface area contributed by atoms with E-state index in [1.54, 1.807) is 30.3 Å². The molecule has 0 unspecified atom stereocenters. The van der Waals surface area contributed by atoms with Crippen LogP contribution in [0.1, 0.15) is 47.2 Å². The van der Waals surface area contributed by atoms with Crippen LogP contribution in [-0.2, 0) is 16.1 Å². The van der Waals surface area contributed by atoms with Crippen LogP contribution in [0.25, 0.3) is 0 Å². The summed E-state index contributed by atoms with van der Waals surface area (Å²) in [5.74, 6) is -1.34. The van der Waals surface area contributed by atoms with Crippen molar-refractivity contribution in [3.05, 3.63) is 71.8 Å². The van der Waals surface area contributed by atoms with Gasteiger partial charge in [-0.2, -0.15) is 5.26 Å². The van der Waals surface area contributed by atoms with Crippen molar-refractivity contribution in [3.8, 4) is 17.6 Å². The normalized spacial score (nSPS) is 9.96. The lowest BCUT2D eigenvalue weighted by molar-refractivity contribution is -0.134. The van der Waals surface area contributed by atoms with Crippen LogP contribution in [0.5, 0.6) is 11.5 Å². The minimum absolute atomic E-state index is 0.116. The van der Waals surface area contributed by atoms with Crippen LogP contribution >= 0.6 is 0 Å². The first-order valence-electron chi connectivity index (χ1n) is 8.85. The molecule has 0 aliphatic carbocycles. The molecule has 0 radical (unpaired) electrons. The number of hydrogen-bond acceptors (Lipinski definition) is 6. The standard InChI is InChI=1S/C22H21NO5/c1-2-3-4-5-10-21(25)28-18-11-12-20(24)19(13-18)22(26)27-15-17-9-7-6-8-16(17)14-23/h2,6-9,11-13,24H,1,3-5,10,15H2. The van der Waals surface area contributed by atoms with Crippen molar-refractivity contribution in [3.63, 3.8) is 0 Å². The van der Waals surface area contributed by atoms with Crippen molar-refractivity contribution in [2.75, 3.05) is 0 Å². The number of aromatic hydroxyl groups is 1. The molecular weight excluding hydrogens is 358 g/mol. The third-order valence-corrected chi connectivity index (χ3v) is 3.96. The molecule has 28 heavy (non-hydrogen) atoms. The van der Waals surface area contributed by atoms with Crippen LogP contribution in [0, 0.1) is 11.3 Å². The van der Waals surface area contributed by atoms with Crippen molar-refractivity contribution in [1.29, 1.82) is 5.26 Å². The van der Waals surface area contributed by atoms with Gasteiger partial charge in [0.05, 0.1) is 11.6 Å². The van der Waals surface area contributed by atoms with E-state index in [9.17, 15) is 14.7 Å². The fraction of sp³-hybridized carbons (Fsp3) is 0.227. The minimum Gasteiger partial charge on any atom is -0.507 e. The highest BCUT2D eigenvalue weighted by molar-refractivity contribution is 5.93. The molecule has 0 saturated carbocycles. The first-order chi connectivity index (χ1) is 13.5. The van der Waals surface area contributed by atoms with E-state index in [-0.39, 0.29) is 30.1 Å². The Morgan fingerprint density at radius 1 is 1.18 bits per heavy atom. The molecule has 2 aromatic rings. The van der Waals surface area contributed by atoms with Gasteiger partial charge in [0.25, 0.3) is 0 Å². The van der Waals surface area contributed by atoms with Gasteiger partial charge in [0.2, 0.25) is 0 Å². The smallest absolute Gasteiger partial charge is 0.342 e. The molecule has 0 aliphatic rings. The van der Waals surface area contributed by atoms with Crippen molar-refractivity contribution in [2.45, 2.75) is 32.3 Å². The van der Waals surface area contributed by atoms with Crippen molar-refractivity contribution >= 4 is 11.9 Å². The van der Waals surface area contributed by atoms with Crippen LogP contribution in [0.4, 0.5) is 0 Å². The minimum atomic E-state index is -0.783. The lowest BCUT2D eigenvalue weighted by Crippen LogP contribution is -2.10. The molecular formula is C22H21NO5. The van der Waals surface area contributed by atoms with E-state index < -0.39 is 11.9 Å². The van der Waals surface area contributed by atoms with Gasteiger partial charge in [-0.1, -0.05) is 24.3 Å². The van der Waals surface area contributed by atoms with Gasteiger partial charge in [0.1, 0.15) is 23.7 Å². The van der Waals surface area contributed by atoms with Crippen LogP contribution in [-0.4, -0.2) is 17.0 Å². The van der Waals surface area contributed by atoms with Crippen molar-refractivity contribution in [1.82, 2.24) is 0 Å². The van der Waals surface area contributed by atoms with E-state index >= 15 is 0 Å². The zero-order valence-electron chi connectivity index (χ0n) is 15.4. The number of phenols is 1. The second kappa shape index (κ2) is 10.5. The lowest BCUT2D eigenvalue weighted by atomic mass is 10.1. The average Bonchev–Trinajstić information content (AvgIpc) is 2.71. The number of phenolic OH excluding ortho intramolecular Hbond substituents is 1. The third-order valence-electron chi connectivity index (χ3n) is 3.96. The zero-order chi connectivity index (χ0) is 20.4. The first kappa shape index (κ1) is 20.7. The Morgan fingerprint density at radius 3 is 2.71 bits per heavy atom. The second-order valence-electron chi connectivity index (χ2n) is 6.03. The Hall–Kier alpha value is -3.59. The highest BCUT2D eigenvalue weighted by atomic mass is 16.5. The molecule has 0 saturated heterocycles. The molecule has 0 aliphatic heterocycles. The van der Waals surface area contributed by atoms with Crippen LogP contribution in [0.15, 0.2) is 55.1 Å². The van der Waals surface area contributed by atoms with Crippen LogP contribution < -0.4 is 4.74 Å².